The van der Waals surface area contributed by atoms with Crippen LogP contribution in [0.1, 0.15) is 18.9 Å². The Bertz CT molecular complexity index is 596. The number of halogens is 1. The molecule has 2 aromatic carbocycles. The van der Waals surface area contributed by atoms with Gasteiger partial charge in [-0.05, 0) is 36.2 Å². The van der Waals surface area contributed by atoms with Gasteiger partial charge in [-0.15, -0.1) is 0 Å². The summed E-state index contributed by atoms with van der Waals surface area (Å²) in [6, 6.07) is 15.4. The minimum absolute atomic E-state index is 0.0150. The largest absolute Gasteiger partial charge is 0.383 e. The lowest BCUT2D eigenvalue weighted by molar-refractivity contribution is -0.115. The molecule has 2 rings (SSSR count). The fourth-order valence-electron chi connectivity index (χ4n) is 1.96. The molecule has 1 amide bonds. The maximum Gasteiger partial charge on any atom is 0.226 e. The Kier molecular flexibility index (Phi) is 5.64. The molecule has 0 aromatic heterocycles. The highest BCUT2D eigenvalue weighted by atomic mass is 35.5. The van der Waals surface area contributed by atoms with Crippen molar-refractivity contribution in [3.8, 4) is 0 Å². The molecule has 3 nitrogen and oxygen atoms in total. The van der Waals surface area contributed by atoms with Gasteiger partial charge in [0, 0.05) is 18.7 Å². The molecule has 0 saturated heterocycles. The van der Waals surface area contributed by atoms with Crippen LogP contribution in [0.3, 0.4) is 0 Å². The highest BCUT2D eigenvalue weighted by Gasteiger charge is 2.03. The smallest absolute Gasteiger partial charge is 0.226 e. The zero-order valence-electron chi connectivity index (χ0n) is 12.0. The van der Waals surface area contributed by atoms with Crippen molar-refractivity contribution in [3.63, 3.8) is 0 Å². The average Bonchev–Trinajstić information content (AvgIpc) is 2.50. The summed E-state index contributed by atoms with van der Waals surface area (Å²) in [6.07, 6.45) is 1.39. The molecule has 0 atom stereocenters. The van der Waals surface area contributed by atoms with Crippen molar-refractivity contribution in [2.75, 3.05) is 17.2 Å². The first-order chi connectivity index (χ1) is 10.2. The number of amides is 1. The molecule has 0 spiro atoms. The molecule has 0 aliphatic rings. The van der Waals surface area contributed by atoms with Crippen LogP contribution in [0.5, 0.6) is 0 Å². The van der Waals surface area contributed by atoms with Gasteiger partial charge in [-0.3, -0.25) is 4.79 Å². The van der Waals surface area contributed by atoms with E-state index in [-0.39, 0.29) is 5.91 Å². The van der Waals surface area contributed by atoms with E-state index >= 15 is 0 Å². The second-order valence-electron chi connectivity index (χ2n) is 4.76. The highest BCUT2D eigenvalue weighted by molar-refractivity contribution is 6.33. The molecule has 0 fully saturated rings. The molecule has 21 heavy (non-hydrogen) atoms. The van der Waals surface area contributed by atoms with Crippen LogP contribution in [-0.4, -0.2) is 12.5 Å². The van der Waals surface area contributed by atoms with Crippen LogP contribution in [0.2, 0.25) is 5.02 Å². The van der Waals surface area contributed by atoms with Crippen molar-refractivity contribution in [3.05, 3.63) is 59.1 Å². The molecule has 4 heteroatoms. The van der Waals surface area contributed by atoms with Gasteiger partial charge in [0.2, 0.25) is 5.91 Å². The number of carbonyl (C=O) groups is 1. The van der Waals surface area contributed by atoms with Gasteiger partial charge in [0.25, 0.3) is 0 Å². The van der Waals surface area contributed by atoms with Crippen LogP contribution in [0.4, 0.5) is 11.4 Å². The zero-order valence-corrected chi connectivity index (χ0v) is 12.8. The Morgan fingerprint density at radius 2 is 1.81 bits per heavy atom. The lowest BCUT2D eigenvalue weighted by atomic mass is 10.1. The standard InChI is InChI=1S/C17H19ClN2O/c1-2-13-7-9-14(10-8-13)20-17(21)11-12-19-16-6-4-3-5-15(16)18/h3-10,19H,2,11-12H2,1H3,(H,20,21). The number of para-hydroxylation sites is 1. The van der Waals surface area contributed by atoms with E-state index in [1.165, 1.54) is 5.56 Å². The number of carbonyl (C=O) groups excluding carboxylic acids is 1. The number of rotatable bonds is 6. The van der Waals surface area contributed by atoms with Crippen molar-refractivity contribution in [2.24, 2.45) is 0 Å². The molecule has 2 aromatic rings. The molecular formula is C17H19ClN2O. The van der Waals surface area contributed by atoms with Gasteiger partial charge < -0.3 is 10.6 Å². The predicted molar refractivity (Wildman–Crippen MR) is 89.0 cm³/mol. The van der Waals surface area contributed by atoms with Crippen LogP contribution in [0.15, 0.2) is 48.5 Å². The predicted octanol–water partition coefficient (Wildman–Crippen LogP) is 4.34. The van der Waals surface area contributed by atoms with E-state index in [1.807, 2.05) is 48.5 Å². The van der Waals surface area contributed by atoms with Crippen LogP contribution in [0.25, 0.3) is 0 Å². The van der Waals surface area contributed by atoms with Crippen molar-refractivity contribution in [2.45, 2.75) is 19.8 Å². The van der Waals surface area contributed by atoms with E-state index in [4.69, 9.17) is 11.6 Å². The average molecular weight is 303 g/mol. The summed E-state index contributed by atoms with van der Waals surface area (Å²) in [5.74, 6) is -0.0150. The fraction of sp³-hybridized carbons (Fsp3) is 0.235. The lowest BCUT2D eigenvalue weighted by Gasteiger charge is -2.09. The molecule has 2 N–H and O–H groups in total. The molecule has 0 unspecified atom stereocenters. The van der Waals surface area contributed by atoms with Crippen molar-refractivity contribution >= 4 is 28.9 Å². The number of nitrogens with one attached hydrogen (secondary N) is 2. The Hall–Kier alpha value is -2.00. The lowest BCUT2D eigenvalue weighted by Crippen LogP contribution is -2.16. The summed E-state index contributed by atoms with van der Waals surface area (Å²) in [6.45, 7) is 2.65. The monoisotopic (exact) mass is 302 g/mol. The molecule has 0 heterocycles. The number of hydrogen-bond donors (Lipinski definition) is 2. The third-order valence-corrected chi connectivity index (χ3v) is 3.52. The van der Waals surface area contributed by atoms with E-state index in [1.54, 1.807) is 0 Å². The maximum atomic E-state index is 11.9. The van der Waals surface area contributed by atoms with Crippen molar-refractivity contribution in [1.29, 1.82) is 0 Å². The highest BCUT2D eigenvalue weighted by Crippen LogP contribution is 2.20. The van der Waals surface area contributed by atoms with Gasteiger partial charge in [-0.25, -0.2) is 0 Å². The first-order valence-electron chi connectivity index (χ1n) is 7.06. The number of anilines is 2. The van der Waals surface area contributed by atoms with E-state index in [9.17, 15) is 4.79 Å². The van der Waals surface area contributed by atoms with Gasteiger partial charge >= 0.3 is 0 Å². The quantitative estimate of drug-likeness (QED) is 0.833. The third kappa shape index (κ3) is 4.80. The number of aryl methyl sites for hydroxylation is 1. The van der Waals surface area contributed by atoms with Crippen molar-refractivity contribution < 1.29 is 4.79 Å². The first kappa shape index (κ1) is 15.4. The number of hydrogen-bond acceptors (Lipinski definition) is 2. The van der Waals surface area contributed by atoms with Crippen LogP contribution >= 0.6 is 11.6 Å². The molecule has 0 aliphatic carbocycles. The second-order valence-corrected chi connectivity index (χ2v) is 5.16. The summed E-state index contributed by atoms with van der Waals surface area (Å²) in [5.41, 5.74) is 2.93. The second kappa shape index (κ2) is 7.70. The molecule has 0 saturated carbocycles. The van der Waals surface area contributed by atoms with Gasteiger partial charge in [0.05, 0.1) is 10.7 Å². The summed E-state index contributed by atoms with van der Waals surface area (Å²) >= 11 is 6.03. The topological polar surface area (TPSA) is 41.1 Å². The summed E-state index contributed by atoms with van der Waals surface area (Å²) < 4.78 is 0. The Morgan fingerprint density at radius 1 is 1.10 bits per heavy atom. The number of benzene rings is 2. The Labute approximate surface area is 130 Å². The Balaban J connectivity index is 1.78. The van der Waals surface area contributed by atoms with E-state index in [0.29, 0.717) is 18.0 Å². The SMILES string of the molecule is CCc1ccc(NC(=O)CCNc2ccccc2Cl)cc1. The van der Waals surface area contributed by atoms with E-state index in [0.717, 1.165) is 17.8 Å². The molecule has 0 bridgehead atoms. The third-order valence-electron chi connectivity index (χ3n) is 3.19. The zero-order chi connectivity index (χ0) is 15.1. The van der Waals surface area contributed by atoms with Gasteiger partial charge in [-0.2, -0.15) is 0 Å². The summed E-state index contributed by atoms with van der Waals surface area (Å²) in [7, 11) is 0. The van der Waals surface area contributed by atoms with Crippen molar-refractivity contribution in [1.82, 2.24) is 0 Å². The molecular weight excluding hydrogens is 284 g/mol. The fourth-order valence-corrected chi connectivity index (χ4v) is 2.17. The van der Waals surface area contributed by atoms with Crippen LogP contribution < -0.4 is 10.6 Å². The maximum absolute atomic E-state index is 11.9. The molecule has 0 radical (unpaired) electrons. The first-order valence-corrected chi connectivity index (χ1v) is 7.44. The van der Waals surface area contributed by atoms with Gasteiger partial charge in [0.15, 0.2) is 0 Å². The summed E-state index contributed by atoms with van der Waals surface area (Å²) in [5, 5.41) is 6.70. The Morgan fingerprint density at radius 3 is 2.48 bits per heavy atom. The normalized spacial score (nSPS) is 10.2. The van der Waals surface area contributed by atoms with E-state index in [2.05, 4.69) is 17.6 Å². The minimum Gasteiger partial charge on any atom is -0.383 e. The van der Waals surface area contributed by atoms with Gasteiger partial charge in [-0.1, -0.05) is 42.8 Å². The van der Waals surface area contributed by atoms with Gasteiger partial charge in [0.1, 0.15) is 0 Å². The van der Waals surface area contributed by atoms with Crippen LogP contribution in [-0.2, 0) is 11.2 Å². The molecule has 0 aliphatic heterocycles. The molecule has 110 valence electrons. The summed E-state index contributed by atoms with van der Waals surface area (Å²) in [4.78, 5) is 11.9. The van der Waals surface area contributed by atoms with Crippen LogP contribution in [0, 0.1) is 0 Å². The van der Waals surface area contributed by atoms with E-state index < -0.39 is 0 Å². The minimum atomic E-state index is -0.0150.